The lowest BCUT2D eigenvalue weighted by Gasteiger charge is -2.31. The predicted octanol–water partition coefficient (Wildman–Crippen LogP) is 3.79. The fourth-order valence-electron chi connectivity index (χ4n) is 4.82. The van der Waals surface area contributed by atoms with Gasteiger partial charge in [0.2, 0.25) is 0 Å². The van der Waals surface area contributed by atoms with E-state index in [1.54, 1.807) is 18.3 Å². The van der Waals surface area contributed by atoms with Crippen LogP contribution in [-0.4, -0.2) is 58.3 Å². The number of carbonyl (C=O) groups excluding carboxylic acids is 1. The van der Waals surface area contributed by atoms with Crippen molar-refractivity contribution >= 4 is 22.2 Å². The Balaban J connectivity index is 1.29. The molecule has 38 heavy (non-hydrogen) atoms. The Morgan fingerprint density at radius 2 is 1.79 bits per heavy atom. The highest BCUT2D eigenvalue weighted by molar-refractivity contribution is 5.94. The number of hydrogen-bond donors (Lipinski definition) is 2. The minimum Gasteiger partial charge on any atom is -0.379 e. The number of benzene rings is 3. The standard InChI is InChI=1S/C29H26FN5O3/c30-23-9-7-20(8-10-23)25(17-34-11-13-38-14-12-34)31-28(36)24-16-27-29(37)32-26(18-35(27)33-24)22-6-5-19-3-1-2-4-21(19)15-22/h1-10,15-16,18,25H,11-14,17H2,(H,31,36)(H,32,37). The van der Waals surface area contributed by atoms with Crippen molar-refractivity contribution in [2.24, 2.45) is 0 Å². The van der Waals surface area contributed by atoms with Gasteiger partial charge in [-0.1, -0.05) is 48.5 Å². The first kappa shape index (κ1) is 24.0. The SMILES string of the molecule is O=C(NC(CN1CCOCC1)c1ccc(F)cc1)c1cc2c(=O)[nH]c(-c3ccc4ccccc4c3)cn2n1. The molecule has 0 saturated carbocycles. The highest BCUT2D eigenvalue weighted by atomic mass is 19.1. The van der Waals surface area contributed by atoms with Crippen LogP contribution < -0.4 is 10.9 Å². The molecule has 2 N–H and O–H groups in total. The topological polar surface area (TPSA) is 91.7 Å². The van der Waals surface area contributed by atoms with Crippen LogP contribution in [0.3, 0.4) is 0 Å². The average molecular weight is 512 g/mol. The normalized spacial score (nSPS) is 15.1. The van der Waals surface area contributed by atoms with Gasteiger partial charge in [-0.15, -0.1) is 0 Å². The van der Waals surface area contributed by atoms with Gasteiger partial charge in [-0.3, -0.25) is 14.5 Å². The van der Waals surface area contributed by atoms with Crippen molar-refractivity contribution in [1.82, 2.24) is 24.8 Å². The Bertz CT molecular complexity index is 1670. The van der Waals surface area contributed by atoms with E-state index in [4.69, 9.17) is 4.74 Å². The van der Waals surface area contributed by atoms with Gasteiger partial charge in [0.25, 0.3) is 11.5 Å². The third-order valence-corrected chi connectivity index (χ3v) is 6.88. The molecule has 1 saturated heterocycles. The summed E-state index contributed by atoms with van der Waals surface area (Å²) >= 11 is 0. The van der Waals surface area contributed by atoms with Gasteiger partial charge in [0.05, 0.1) is 31.1 Å². The van der Waals surface area contributed by atoms with Crippen LogP contribution in [0.1, 0.15) is 22.1 Å². The summed E-state index contributed by atoms with van der Waals surface area (Å²) in [6.45, 7) is 3.28. The van der Waals surface area contributed by atoms with E-state index in [-0.39, 0.29) is 22.6 Å². The van der Waals surface area contributed by atoms with Crippen molar-refractivity contribution in [2.75, 3.05) is 32.8 Å². The summed E-state index contributed by atoms with van der Waals surface area (Å²) in [7, 11) is 0. The van der Waals surface area contributed by atoms with Crippen LogP contribution in [0.4, 0.5) is 4.39 Å². The zero-order chi connectivity index (χ0) is 26.1. The Hall–Kier alpha value is -4.34. The third kappa shape index (κ3) is 4.93. The molecule has 0 spiro atoms. The number of hydrogen-bond acceptors (Lipinski definition) is 5. The lowest BCUT2D eigenvalue weighted by atomic mass is 10.1. The van der Waals surface area contributed by atoms with Crippen LogP contribution >= 0.6 is 0 Å². The maximum atomic E-state index is 13.6. The summed E-state index contributed by atoms with van der Waals surface area (Å²) < 4.78 is 20.4. The molecule has 2 aromatic heterocycles. The van der Waals surface area contributed by atoms with Crippen molar-refractivity contribution in [3.05, 3.63) is 106 Å². The molecule has 0 bridgehead atoms. The molecular formula is C29H26FN5O3. The molecule has 1 atom stereocenters. The molecule has 3 aromatic carbocycles. The second-order valence-corrected chi connectivity index (χ2v) is 9.41. The molecule has 5 aromatic rings. The number of H-pyrrole nitrogens is 1. The van der Waals surface area contributed by atoms with Gasteiger partial charge in [0.1, 0.15) is 11.3 Å². The van der Waals surface area contributed by atoms with E-state index in [0.717, 1.165) is 35.0 Å². The number of nitrogens with one attached hydrogen (secondary N) is 2. The van der Waals surface area contributed by atoms with Crippen LogP contribution in [0.15, 0.2) is 83.8 Å². The summed E-state index contributed by atoms with van der Waals surface area (Å²) in [6.07, 6.45) is 1.71. The second kappa shape index (κ2) is 10.2. The summed E-state index contributed by atoms with van der Waals surface area (Å²) in [5, 5.41) is 9.61. The first-order valence-corrected chi connectivity index (χ1v) is 12.5. The van der Waals surface area contributed by atoms with E-state index in [1.807, 2.05) is 42.5 Å². The summed E-state index contributed by atoms with van der Waals surface area (Å²) in [5.74, 6) is -0.755. The molecule has 192 valence electrons. The highest BCUT2D eigenvalue weighted by Gasteiger charge is 2.23. The van der Waals surface area contributed by atoms with Gasteiger partial charge < -0.3 is 15.0 Å². The van der Waals surface area contributed by atoms with E-state index in [2.05, 4.69) is 20.3 Å². The van der Waals surface area contributed by atoms with Crippen LogP contribution in [0.25, 0.3) is 27.5 Å². The van der Waals surface area contributed by atoms with Crippen molar-refractivity contribution in [3.8, 4) is 11.3 Å². The minimum atomic E-state index is -0.414. The maximum absolute atomic E-state index is 13.6. The quantitative estimate of drug-likeness (QED) is 0.362. The van der Waals surface area contributed by atoms with Crippen LogP contribution in [0, 0.1) is 5.82 Å². The minimum absolute atomic E-state index is 0.125. The lowest BCUT2D eigenvalue weighted by molar-refractivity contribution is 0.0332. The largest absolute Gasteiger partial charge is 0.379 e. The average Bonchev–Trinajstić information content (AvgIpc) is 3.39. The molecule has 1 amide bonds. The number of nitrogens with zero attached hydrogens (tertiary/aromatic N) is 3. The molecule has 0 aliphatic carbocycles. The van der Waals surface area contributed by atoms with E-state index < -0.39 is 11.9 Å². The predicted molar refractivity (Wildman–Crippen MR) is 143 cm³/mol. The van der Waals surface area contributed by atoms with Crippen molar-refractivity contribution in [3.63, 3.8) is 0 Å². The van der Waals surface area contributed by atoms with Gasteiger partial charge in [0, 0.05) is 31.3 Å². The van der Waals surface area contributed by atoms with E-state index >= 15 is 0 Å². The molecule has 6 rings (SSSR count). The van der Waals surface area contributed by atoms with Gasteiger partial charge >= 0.3 is 0 Å². The van der Waals surface area contributed by atoms with Gasteiger partial charge in [-0.05, 0) is 34.5 Å². The molecule has 1 fully saturated rings. The number of carbonyl (C=O) groups is 1. The number of rotatable bonds is 6. The van der Waals surface area contributed by atoms with Crippen LogP contribution in [0.5, 0.6) is 0 Å². The van der Waals surface area contributed by atoms with Gasteiger partial charge in [0.15, 0.2) is 5.69 Å². The molecule has 8 nitrogen and oxygen atoms in total. The van der Waals surface area contributed by atoms with E-state index in [0.29, 0.717) is 25.5 Å². The van der Waals surface area contributed by atoms with Crippen LogP contribution in [0.2, 0.25) is 0 Å². The second-order valence-electron chi connectivity index (χ2n) is 9.41. The van der Waals surface area contributed by atoms with Crippen molar-refractivity contribution in [1.29, 1.82) is 0 Å². The highest BCUT2D eigenvalue weighted by Crippen LogP contribution is 2.23. The first-order chi connectivity index (χ1) is 18.5. The molecular weight excluding hydrogens is 485 g/mol. The number of morpholine rings is 1. The van der Waals surface area contributed by atoms with E-state index in [9.17, 15) is 14.0 Å². The number of aromatic nitrogens is 3. The smallest absolute Gasteiger partial charge is 0.274 e. The Morgan fingerprint density at radius 1 is 1.03 bits per heavy atom. The van der Waals surface area contributed by atoms with Crippen molar-refractivity contribution < 1.29 is 13.9 Å². The Morgan fingerprint density at radius 3 is 2.58 bits per heavy atom. The Labute approximate surface area is 217 Å². The number of amides is 1. The zero-order valence-electron chi connectivity index (χ0n) is 20.6. The monoisotopic (exact) mass is 511 g/mol. The van der Waals surface area contributed by atoms with E-state index in [1.165, 1.54) is 22.7 Å². The molecule has 1 unspecified atom stereocenters. The summed E-state index contributed by atoms with van der Waals surface area (Å²) in [4.78, 5) is 31.3. The summed E-state index contributed by atoms with van der Waals surface area (Å²) in [5.41, 5.74) is 2.27. The molecule has 1 aliphatic heterocycles. The number of fused-ring (bicyclic) bond motifs is 2. The molecule has 0 radical (unpaired) electrons. The lowest BCUT2D eigenvalue weighted by Crippen LogP contribution is -2.43. The maximum Gasteiger partial charge on any atom is 0.274 e. The number of aromatic amines is 1. The first-order valence-electron chi connectivity index (χ1n) is 12.5. The van der Waals surface area contributed by atoms with Crippen molar-refractivity contribution in [2.45, 2.75) is 6.04 Å². The zero-order valence-corrected chi connectivity index (χ0v) is 20.6. The molecule has 9 heteroatoms. The molecule has 3 heterocycles. The summed E-state index contributed by atoms with van der Waals surface area (Å²) in [6, 6.07) is 21.1. The number of ether oxygens (including phenoxy) is 1. The fourth-order valence-corrected chi connectivity index (χ4v) is 4.82. The van der Waals surface area contributed by atoms with Gasteiger partial charge in [-0.25, -0.2) is 8.91 Å². The van der Waals surface area contributed by atoms with Crippen LogP contribution in [-0.2, 0) is 4.74 Å². The number of halogens is 1. The molecule has 1 aliphatic rings. The Kier molecular flexibility index (Phi) is 6.45. The third-order valence-electron chi connectivity index (χ3n) is 6.88. The van der Waals surface area contributed by atoms with Gasteiger partial charge in [-0.2, -0.15) is 5.10 Å². The fraction of sp³-hybridized carbons (Fsp3) is 0.207.